The van der Waals surface area contributed by atoms with Crippen LogP contribution in [0.5, 0.6) is 11.5 Å². The molecule has 0 aliphatic carbocycles. The van der Waals surface area contributed by atoms with Crippen LogP contribution < -0.4 is 4.74 Å². The van der Waals surface area contributed by atoms with Gasteiger partial charge in [-0.15, -0.1) is 0 Å². The van der Waals surface area contributed by atoms with Crippen molar-refractivity contribution in [2.24, 2.45) is 0 Å². The van der Waals surface area contributed by atoms with Gasteiger partial charge >= 0.3 is 0 Å². The zero-order valence-electron chi connectivity index (χ0n) is 21.9. The van der Waals surface area contributed by atoms with Gasteiger partial charge in [0.1, 0.15) is 40.2 Å². The molecule has 0 N–H and O–H groups in total. The molecule has 0 saturated heterocycles. The number of rotatable bonds is 4. The van der Waals surface area contributed by atoms with E-state index in [1.54, 1.807) is 24.3 Å². The molecule has 0 spiro atoms. The van der Waals surface area contributed by atoms with Crippen LogP contribution in [0.15, 0.2) is 121 Å². The van der Waals surface area contributed by atoms with Crippen molar-refractivity contribution in [1.29, 1.82) is 0 Å². The van der Waals surface area contributed by atoms with Crippen LogP contribution in [0.2, 0.25) is 0 Å². The lowest BCUT2D eigenvalue weighted by Gasteiger charge is -2.39. The topological polar surface area (TPSA) is 35.0 Å². The summed E-state index contributed by atoms with van der Waals surface area (Å²) in [6.45, 7) is 0. The molecule has 1 aliphatic rings. The van der Waals surface area contributed by atoms with Crippen LogP contribution >= 0.6 is 0 Å². The van der Waals surface area contributed by atoms with Crippen LogP contribution in [-0.2, 0) is 5.41 Å². The van der Waals surface area contributed by atoms with E-state index in [1.165, 1.54) is 24.3 Å². The third-order valence-corrected chi connectivity index (χ3v) is 7.48. The Morgan fingerprint density at radius 2 is 0.929 bits per heavy atom. The standard InChI is InChI=1S/C35H20F4N2O/c36-21-15-17-23(27(38)19-21)29-9-5-13-33(40-29)35(25-7-1-3-11-31(25)42-32-12-4-2-8-26(32)35)34-14-6-10-30(41-34)24-18-16-22(37)20-28(24)39/h1-20H. The molecule has 204 valence electrons. The van der Waals surface area contributed by atoms with Crippen LogP contribution in [-0.4, -0.2) is 9.97 Å². The molecule has 3 nitrogen and oxygen atoms in total. The molecule has 0 atom stereocenters. The highest BCUT2D eigenvalue weighted by Gasteiger charge is 2.47. The van der Waals surface area contributed by atoms with E-state index in [9.17, 15) is 17.6 Å². The zero-order chi connectivity index (χ0) is 28.8. The van der Waals surface area contributed by atoms with E-state index < -0.39 is 28.7 Å². The molecule has 1 aliphatic heterocycles. The Hall–Kier alpha value is -5.30. The van der Waals surface area contributed by atoms with E-state index in [1.807, 2.05) is 60.7 Å². The van der Waals surface area contributed by atoms with Crippen LogP contribution in [0, 0.1) is 23.3 Å². The molecular formula is C35H20F4N2O. The van der Waals surface area contributed by atoms with E-state index in [0.29, 0.717) is 34.3 Å². The van der Waals surface area contributed by atoms with Crippen LogP contribution in [0.3, 0.4) is 0 Å². The summed E-state index contributed by atoms with van der Waals surface area (Å²) in [7, 11) is 0. The van der Waals surface area contributed by atoms with Gasteiger partial charge in [0.05, 0.1) is 22.8 Å². The fraction of sp³-hybridized carbons (Fsp3) is 0.0286. The molecule has 42 heavy (non-hydrogen) atoms. The van der Waals surface area contributed by atoms with E-state index in [-0.39, 0.29) is 11.1 Å². The van der Waals surface area contributed by atoms with Crippen LogP contribution in [0.4, 0.5) is 17.6 Å². The average Bonchev–Trinajstić information content (AvgIpc) is 3.00. The normalized spacial score (nSPS) is 13.1. The maximum Gasteiger partial charge on any atom is 0.135 e. The summed E-state index contributed by atoms with van der Waals surface area (Å²) in [4.78, 5) is 9.91. The van der Waals surface area contributed by atoms with Crippen molar-refractivity contribution in [2.75, 3.05) is 0 Å². The lowest BCUT2D eigenvalue weighted by molar-refractivity contribution is 0.430. The highest BCUT2D eigenvalue weighted by molar-refractivity contribution is 5.70. The van der Waals surface area contributed by atoms with Crippen molar-refractivity contribution in [2.45, 2.75) is 5.41 Å². The average molecular weight is 561 g/mol. The van der Waals surface area contributed by atoms with Gasteiger partial charge in [-0.25, -0.2) is 17.6 Å². The fourth-order valence-electron chi connectivity index (χ4n) is 5.66. The smallest absolute Gasteiger partial charge is 0.135 e. The first kappa shape index (κ1) is 25.7. The fourth-order valence-corrected chi connectivity index (χ4v) is 5.66. The largest absolute Gasteiger partial charge is 0.457 e. The number of para-hydroxylation sites is 2. The van der Waals surface area contributed by atoms with Crippen molar-refractivity contribution in [3.63, 3.8) is 0 Å². The Labute approximate surface area is 238 Å². The molecule has 0 amide bonds. The number of halogens is 4. The first-order chi connectivity index (χ1) is 20.4. The Morgan fingerprint density at radius 3 is 1.38 bits per heavy atom. The molecule has 7 rings (SSSR count). The number of aromatic nitrogens is 2. The van der Waals surface area contributed by atoms with Crippen molar-refractivity contribution < 1.29 is 22.3 Å². The number of nitrogens with zero attached hydrogens (tertiary/aromatic N) is 2. The molecule has 7 heteroatoms. The van der Waals surface area contributed by atoms with Crippen molar-refractivity contribution in [3.05, 3.63) is 167 Å². The van der Waals surface area contributed by atoms with Crippen LogP contribution in [0.1, 0.15) is 22.5 Å². The summed E-state index contributed by atoms with van der Waals surface area (Å²) in [5.41, 5.74) is 2.11. The minimum atomic E-state index is -1.19. The van der Waals surface area contributed by atoms with Crippen molar-refractivity contribution >= 4 is 0 Å². The van der Waals surface area contributed by atoms with E-state index in [2.05, 4.69) is 0 Å². The van der Waals surface area contributed by atoms with E-state index in [0.717, 1.165) is 23.3 Å². The lowest BCUT2D eigenvalue weighted by Crippen LogP contribution is -2.36. The third kappa shape index (κ3) is 4.05. The summed E-state index contributed by atoms with van der Waals surface area (Å²) >= 11 is 0. The lowest BCUT2D eigenvalue weighted by atomic mass is 9.67. The van der Waals surface area contributed by atoms with E-state index >= 15 is 0 Å². The Kier molecular flexibility index (Phi) is 6.08. The Morgan fingerprint density at radius 1 is 0.476 bits per heavy atom. The van der Waals surface area contributed by atoms with Gasteiger partial charge in [0, 0.05) is 34.4 Å². The molecule has 0 fully saturated rings. The first-order valence-corrected chi connectivity index (χ1v) is 13.2. The van der Waals surface area contributed by atoms with Gasteiger partial charge in [0.25, 0.3) is 0 Å². The Balaban J connectivity index is 1.56. The monoisotopic (exact) mass is 560 g/mol. The second-order valence-corrected chi connectivity index (χ2v) is 9.91. The third-order valence-electron chi connectivity index (χ3n) is 7.48. The SMILES string of the molecule is Fc1ccc(-c2cccc(C3(c4cccc(-c5ccc(F)cc5F)n4)c4ccccc4Oc4ccccc43)n2)c(F)c1. The number of hydrogen-bond donors (Lipinski definition) is 0. The predicted molar refractivity (Wildman–Crippen MR) is 151 cm³/mol. The zero-order valence-corrected chi connectivity index (χ0v) is 21.9. The number of hydrogen-bond acceptors (Lipinski definition) is 3. The van der Waals surface area contributed by atoms with Gasteiger partial charge in [-0.1, -0.05) is 48.5 Å². The maximum atomic E-state index is 14.9. The minimum absolute atomic E-state index is 0.136. The molecule has 0 bridgehead atoms. The minimum Gasteiger partial charge on any atom is -0.457 e. The molecular weight excluding hydrogens is 540 g/mol. The number of benzene rings is 4. The highest BCUT2D eigenvalue weighted by Crippen LogP contribution is 2.54. The first-order valence-electron chi connectivity index (χ1n) is 13.2. The molecule has 0 radical (unpaired) electrons. The van der Waals surface area contributed by atoms with Gasteiger partial charge < -0.3 is 4.74 Å². The summed E-state index contributed by atoms with van der Waals surface area (Å²) in [5, 5.41) is 0. The van der Waals surface area contributed by atoms with Crippen molar-refractivity contribution in [3.8, 4) is 34.0 Å². The van der Waals surface area contributed by atoms with Gasteiger partial charge in [-0.2, -0.15) is 0 Å². The number of fused-ring (bicyclic) bond motifs is 2. The van der Waals surface area contributed by atoms with Gasteiger partial charge in [0.15, 0.2) is 0 Å². The van der Waals surface area contributed by atoms with Gasteiger partial charge in [-0.3, -0.25) is 9.97 Å². The Bertz CT molecular complexity index is 1850. The second-order valence-electron chi connectivity index (χ2n) is 9.91. The van der Waals surface area contributed by atoms with Crippen LogP contribution in [0.25, 0.3) is 22.5 Å². The highest BCUT2D eigenvalue weighted by atomic mass is 19.1. The quantitative estimate of drug-likeness (QED) is 0.202. The predicted octanol–water partition coefficient (Wildman–Crippen LogP) is 8.86. The summed E-state index contributed by atoms with van der Waals surface area (Å²) in [5.74, 6) is -1.73. The molecule has 3 heterocycles. The summed E-state index contributed by atoms with van der Waals surface area (Å²) in [6.07, 6.45) is 0. The number of ether oxygens (including phenoxy) is 1. The molecule has 2 aromatic heterocycles. The molecule has 4 aromatic carbocycles. The summed E-state index contributed by atoms with van der Waals surface area (Å²) < 4.78 is 63.7. The molecule has 0 unspecified atom stereocenters. The van der Waals surface area contributed by atoms with Gasteiger partial charge in [-0.05, 0) is 60.7 Å². The van der Waals surface area contributed by atoms with Crippen molar-refractivity contribution in [1.82, 2.24) is 9.97 Å². The number of pyridine rings is 2. The summed E-state index contributed by atoms with van der Waals surface area (Å²) in [6, 6.07) is 32.1. The second kappa shape index (κ2) is 9.96. The van der Waals surface area contributed by atoms with Gasteiger partial charge in [0.2, 0.25) is 0 Å². The molecule has 0 saturated carbocycles. The molecule has 6 aromatic rings. The maximum absolute atomic E-state index is 14.9. The van der Waals surface area contributed by atoms with E-state index in [4.69, 9.17) is 14.7 Å².